The molecule has 0 spiro atoms. The second-order valence-corrected chi connectivity index (χ2v) is 5.35. The summed E-state index contributed by atoms with van der Waals surface area (Å²) < 4.78 is 10.3. The van der Waals surface area contributed by atoms with Crippen LogP contribution in [-0.2, 0) is 4.79 Å². The predicted molar refractivity (Wildman–Crippen MR) is 100 cm³/mol. The van der Waals surface area contributed by atoms with Gasteiger partial charge in [0.25, 0.3) is 11.8 Å². The Bertz CT molecular complexity index is 798. The first-order chi connectivity index (χ1) is 12.6. The largest absolute Gasteiger partial charge is 0.497 e. The lowest BCUT2D eigenvalue weighted by Crippen LogP contribution is -2.34. The van der Waals surface area contributed by atoms with Crippen LogP contribution in [0.2, 0.25) is 0 Å². The maximum atomic E-state index is 12.6. The number of hydrogen-bond acceptors (Lipinski definition) is 4. The Hall–Kier alpha value is -3.28. The standard InChI is InChI=1S/C20H22N2O4/c1-4-21-20(24)17(13-14-9-11-15(25-2)12-10-14)22-19(23)16-7-5-6-8-18(16)26-3/h5-13H,4H2,1-3H3,(H,21,24)(H,22,23)/b17-13-. The predicted octanol–water partition coefficient (Wildman–Crippen LogP) is 2.61. The second kappa shape index (κ2) is 9.27. The van der Waals surface area contributed by atoms with Gasteiger partial charge in [-0.25, -0.2) is 0 Å². The highest BCUT2D eigenvalue weighted by molar-refractivity contribution is 6.06. The fraction of sp³-hybridized carbons (Fsp3) is 0.200. The Labute approximate surface area is 152 Å². The van der Waals surface area contributed by atoms with Gasteiger partial charge in [-0.05, 0) is 42.8 Å². The molecule has 2 amide bonds. The Morgan fingerprint density at radius 3 is 2.31 bits per heavy atom. The summed E-state index contributed by atoms with van der Waals surface area (Å²) in [6.07, 6.45) is 1.61. The van der Waals surface area contributed by atoms with Gasteiger partial charge in [-0.1, -0.05) is 24.3 Å². The third-order valence-corrected chi connectivity index (χ3v) is 3.61. The van der Waals surface area contributed by atoms with Gasteiger partial charge in [-0.2, -0.15) is 0 Å². The van der Waals surface area contributed by atoms with Crippen molar-refractivity contribution in [2.75, 3.05) is 20.8 Å². The maximum Gasteiger partial charge on any atom is 0.267 e. The van der Waals surface area contributed by atoms with Crippen molar-refractivity contribution in [3.05, 3.63) is 65.4 Å². The average molecular weight is 354 g/mol. The number of carbonyl (C=O) groups is 2. The van der Waals surface area contributed by atoms with Crippen LogP contribution in [0, 0.1) is 0 Å². The lowest BCUT2D eigenvalue weighted by Gasteiger charge is -2.12. The Kier molecular flexibility index (Phi) is 6.79. The van der Waals surface area contributed by atoms with Gasteiger partial charge in [0.1, 0.15) is 17.2 Å². The molecule has 136 valence electrons. The summed E-state index contributed by atoms with van der Waals surface area (Å²) in [6.45, 7) is 2.26. The lowest BCUT2D eigenvalue weighted by atomic mass is 10.1. The van der Waals surface area contributed by atoms with E-state index in [2.05, 4.69) is 10.6 Å². The number of rotatable bonds is 7. The molecule has 0 atom stereocenters. The van der Waals surface area contributed by atoms with Gasteiger partial charge in [0.2, 0.25) is 0 Å². The minimum absolute atomic E-state index is 0.146. The third-order valence-electron chi connectivity index (χ3n) is 3.61. The molecule has 0 aliphatic rings. The van der Waals surface area contributed by atoms with E-state index in [0.717, 1.165) is 5.56 Å². The summed E-state index contributed by atoms with van der Waals surface area (Å²) in [7, 11) is 3.07. The van der Waals surface area contributed by atoms with Crippen LogP contribution in [0.1, 0.15) is 22.8 Å². The molecule has 0 aromatic heterocycles. The van der Waals surface area contributed by atoms with Crippen LogP contribution in [0.15, 0.2) is 54.2 Å². The first-order valence-electron chi connectivity index (χ1n) is 8.17. The zero-order valence-electron chi connectivity index (χ0n) is 15.0. The number of hydrogen-bond donors (Lipinski definition) is 2. The summed E-state index contributed by atoms with van der Waals surface area (Å²) in [5.41, 5.74) is 1.25. The van der Waals surface area contributed by atoms with Crippen molar-refractivity contribution in [2.45, 2.75) is 6.92 Å². The third kappa shape index (κ3) is 4.86. The van der Waals surface area contributed by atoms with Crippen LogP contribution >= 0.6 is 0 Å². The number of carbonyl (C=O) groups excluding carboxylic acids is 2. The minimum Gasteiger partial charge on any atom is -0.497 e. The number of methoxy groups -OCH3 is 2. The molecule has 0 radical (unpaired) electrons. The van der Waals surface area contributed by atoms with Crippen LogP contribution in [-0.4, -0.2) is 32.6 Å². The molecule has 0 saturated carbocycles. The van der Waals surface area contributed by atoms with Crippen molar-refractivity contribution in [3.8, 4) is 11.5 Å². The van der Waals surface area contributed by atoms with Crippen LogP contribution in [0.5, 0.6) is 11.5 Å². The molecule has 2 aromatic rings. The minimum atomic E-state index is -0.423. The van der Waals surface area contributed by atoms with E-state index in [9.17, 15) is 9.59 Å². The normalized spacial score (nSPS) is 10.8. The van der Waals surface area contributed by atoms with Gasteiger partial charge in [0.15, 0.2) is 0 Å². The topological polar surface area (TPSA) is 76.7 Å². The van der Waals surface area contributed by atoms with Gasteiger partial charge >= 0.3 is 0 Å². The van der Waals surface area contributed by atoms with Crippen molar-refractivity contribution >= 4 is 17.9 Å². The molecule has 6 nitrogen and oxygen atoms in total. The van der Waals surface area contributed by atoms with E-state index >= 15 is 0 Å². The molecule has 0 heterocycles. The smallest absolute Gasteiger partial charge is 0.267 e. The van der Waals surface area contributed by atoms with Gasteiger partial charge in [0, 0.05) is 6.54 Å². The number of nitrogens with one attached hydrogen (secondary N) is 2. The Morgan fingerprint density at radius 1 is 1.00 bits per heavy atom. The number of ether oxygens (including phenoxy) is 2. The summed E-state index contributed by atoms with van der Waals surface area (Å²) in [5.74, 6) is 0.351. The van der Waals surface area contributed by atoms with E-state index in [0.29, 0.717) is 23.6 Å². The molecule has 6 heteroatoms. The molecule has 26 heavy (non-hydrogen) atoms. The molecule has 2 rings (SSSR count). The van der Waals surface area contributed by atoms with E-state index in [-0.39, 0.29) is 11.6 Å². The number of amides is 2. The molecular formula is C20H22N2O4. The molecule has 0 fully saturated rings. The van der Waals surface area contributed by atoms with E-state index < -0.39 is 5.91 Å². The highest BCUT2D eigenvalue weighted by Gasteiger charge is 2.16. The van der Waals surface area contributed by atoms with Gasteiger partial charge in [0.05, 0.1) is 19.8 Å². The van der Waals surface area contributed by atoms with Gasteiger partial charge < -0.3 is 20.1 Å². The van der Waals surface area contributed by atoms with E-state index in [1.54, 1.807) is 61.7 Å². The first kappa shape index (κ1) is 19.1. The molecular weight excluding hydrogens is 332 g/mol. The van der Waals surface area contributed by atoms with Crippen LogP contribution in [0.25, 0.3) is 6.08 Å². The van der Waals surface area contributed by atoms with Crippen molar-refractivity contribution in [1.29, 1.82) is 0 Å². The molecule has 0 aliphatic carbocycles. The second-order valence-electron chi connectivity index (χ2n) is 5.35. The highest BCUT2D eigenvalue weighted by atomic mass is 16.5. The summed E-state index contributed by atoms with van der Waals surface area (Å²) >= 11 is 0. The van der Waals surface area contributed by atoms with Crippen LogP contribution in [0.4, 0.5) is 0 Å². The summed E-state index contributed by atoms with van der Waals surface area (Å²) in [4.78, 5) is 24.9. The molecule has 2 aromatic carbocycles. The lowest BCUT2D eigenvalue weighted by molar-refractivity contribution is -0.117. The van der Waals surface area contributed by atoms with Crippen molar-refractivity contribution < 1.29 is 19.1 Å². The number of benzene rings is 2. The number of likely N-dealkylation sites (N-methyl/N-ethyl adjacent to an activating group) is 1. The Balaban J connectivity index is 2.30. The average Bonchev–Trinajstić information content (AvgIpc) is 2.68. The van der Waals surface area contributed by atoms with E-state index in [1.165, 1.54) is 7.11 Å². The Morgan fingerprint density at radius 2 is 1.69 bits per heavy atom. The summed E-state index contributed by atoms with van der Waals surface area (Å²) in [5, 5.41) is 5.36. The fourth-order valence-corrected chi connectivity index (χ4v) is 2.30. The summed E-state index contributed by atoms with van der Waals surface area (Å²) in [6, 6.07) is 14.0. The zero-order chi connectivity index (χ0) is 18.9. The van der Waals surface area contributed by atoms with E-state index in [1.807, 2.05) is 6.92 Å². The molecule has 2 N–H and O–H groups in total. The zero-order valence-corrected chi connectivity index (χ0v) is 15.0. The number of para-hydroxylation sites is 1. The van der Waals surface area contributed by atoms with Crippen molar-refractivity contribution in [1.82, 2.24) is 10.6 Å². The van der Waals surface area contributed by atoms with Crippen LogP contribution < -0.4 is 20.1 Å². The first-order valence-corrected chi connectivity index (χ1v) is 8.17. The van der Waals surface area contributed by atoms with Crippen molar-refractivity contribution in [2.24, 2.45) is 0 Å². The van der Waals surface area contributed by atoms with Gasteiger partial charge in [-0.15, -0.1) is 0 Å². The molecule has 0 bridgehead atoms. The highest BCUT2D eigenvalue weighted by Crippen LogP contribution is 2.18. The van der Waals surface area contributed by atoms with Crippen molar-refractivity contribution in [3.63, 3.8) is 0 Å². The molecule has 0 saturated heterocycles. The van der Waals surface area contributed by atoms with Crippen LogP contribution in [0.3, 0.4) is 0 Å². The van der Waals surface area contributed by atoms with Gasteiger partial charge in [-0.3, -0.25) is 9.59 Å². The SMILES string of the molecule is CCNC(=O)/C(=C/c1ccc(OC)cc1)NC(=O)c1ccccc1OC. The molecule has 0 aliphatic heterocycles. The maximum absolute atomic E-state index is 12.6. The fourth-order valence-electron chi connectivity index (χ4n) is 2.30. The monoisotopic (exact) mass is 354 g/mol. The molecule has 0 unspecified atom stereocenters. The quantitative estimate of drug-likeness (QED) is 0.750. The van der Waals surface area contributed by atoms with E-state index in [4.69, 9.17) is 9.47 Å².